The van der Waals surface area contributed by atoms with E-state index in [2.05, 4.69) is 16.6 Å². The molecule has 0 fully saturated rings. The number of ether oxygens (including phenoxy) is 2. The third kappa shape index (κ3) is 6.11. The van der Waals surface area contributed by atoms with Crippen molar-refractivity contribution in [1.29, 1.82) is 0 Å². The van der Waals surface area contributed by atoms with Gasteiger partial charge in [0.25, 0.3) is 0 Å². The minimum atomic E-state index is -4.64. The number of alkyl halides is 2. The monoisotopic (exact) mass is 568 g/mol. The van der Waals surface area contributed by atoms with E-state index in [9.17, 15) is 39.5 Å². The van der Waals surface area contributed by atoms with E-state index in [0.717, 1.165) is 18.2 Å². The van der Waals surface area contributed by atoms with Crippen LogP contribution >= 0.6 is 0 Å². The molecule has 1 unspecified atom stereocenters. The lowest BCUT2D eigenvalue weighted by Gasteiger charge is -2.20. The Hall–Kier alpha value is -4.33. The molecule has 0 aliphatic heterocycles. The Morgan fingerprint density at radius 1 is 0.850 bits per heavy atom. The molecule has 0 aromatic heterocycles. The number of halogens is 9. The normalized spacial score (nSPS) is 15.1. The van der Waals surface area contributed by atoms with Crippen molar-refractivity contribution in [2.75, 3.05) is 6.61 Å². The lowest BCUT2D eigenvalue weighted by molar-refractivity contribution is -0.189. The second kappa shape index (κ2) is 11.4. The molecule has 2 nitrogen and oxygen atoms in total. The van der Waals surface area contributed by atoms with Crippen molar-refractivity contribution in [3.8, 4) is 28.7 Å². The average Bonchev–Trinajstić information content (AvgIpc) is 2.86. The molecule has 1 aliphatic carbocycles. The van der Waals surface area contributed by atoms with Crippen LogP contribution < -0.4 is 4.74 Å². The van der Waals surface area contributed by atoms with Crippen LogP contribution in [0.5, 0.6) is 5.75 Å². The summed E-state index contributed by atoms with van der Waals surface area (Å²) in [6.07, 6.45) is -1.80. The zero-order chi connectivity index (χ0) is 29.2. The molecule has 1 aliphatic rings. The molecular formula is C29H17F9O2. The smallest absolute Gasteiger partial charge is 0.432 e. The van der Waals surface area contributed by atoms with Gasteiger partial charge >= 0.3 is 6.11 Å². The van der Waals surface area contributed by atoms with E-state index < -0.39 is 75.2 Å². The van der Waals surface area contributed by atoms with Crippen LogP contribution in [0.1, 0.15) is 24.5 Å². The van der Waals surface area contributed by atoms with Gasteiger partial charge in [-0.3, -0.25) is 0 Å². The molecule has 3 aromatic carbocycles. The molecule has 0 heterocycles. The van der Waals surface area contributed by atoms with Crippen molar-refractivity contribution in [3.63, 3.8) is 0 Å². The summed E-state index contributed by atoms with van der Waals surface area (Å²) in [6, 6.07) is 3.98. The van der Waals surface area contributed by atoms with Crippen molar-refractivity contribution in [2.45, 2.75) is 19.5 Å². The highest BCUT2D eigenvalue weighted by Crippen LogP contribution is 2.37. The van der Waals surface area contributed by atoms with Gasteiger partial charge in [0.1, 0.15) is 40.4 Å². The van der Waals surface area contributed by atoms with Gasteiger partial charge < -0.3 is 9.47 Å². The van der Waals surface area contributed by atoms with Crippen LogP contribution in [0.15, 0.2) is 66.2 Å². The van der Waals surface area contributed by atoms with Gasteiger partial charge in [-0.2, -0.15) is 8.78 Å². The maximum Gasteiger partial charge on any atom is 0.432 e. The van der Waals surface area contributed by atoms with Crippen molar-refractivity contribution in [3.05, 3.63) is 112 Å². The van der Waals surface area contributed by atoms with Gasteiger partial charge in [0.05, 0.1) is 12.5 Å². The summed E-state index contributed by atoms with van der Waals surface area (Å²) < 4.78 is 137. The summed E-state index contributed by atoms with van der Waals surface area (Å²) in [7, 11) is 0. The molecule has 0 saturated heterocycles. The molecule has 0 spiro atoms. The maximum atomic E-state index is 14.8. The molecule has 40 heavy (non-hydrogen) atoms. The zero-order valence-electron chi connectivity index (χ0n) is 20.4. The number of allylic oxidation sites excluding steroid dienone is 3. The van der Waals surface area contributed by atoms with Crippen LogP contribution in [0.4, 0.5) is 39.5 Å². The predicted molar refractivity (Wildman–Crippen MR) is 126 cm³/mol. The predicted octanol–water partition coefficient (Wildman–Crippen LogP) is 8.46. The van der Waals surface area contributed by atoms with E-state index >= 15 is 0 Å². The first-order valence-corrected chi connectivity index (χ1v) is 11.6. The summed E-state index contributed by atoms with van der Waals surface area (Å²) in [5.74, 6) is -7.05. The first-order valence-electron chi connectivity index (χ1n) is 11.6. The Labute approximate surface area is 222 Å². The molecule has 208 valence electrons. The third-order valence-electron chi connectivity index (χ3n) is 5.68. The number of rotatable bonds is 6. The minimum absolute atomic E-state index is 0.125. The summed E-state index contributed by atoms with van der Waals surface area (Å²) in [6.45, 7) is 2.04. The van der Waals surface area contributed by atoms with Crippen LogP contribution in [0.3, 0.4) is 0 Å². The van der Waals surface area contributed by atoms with Gasteiger partial charge in [-0.15, -0.1) is 0 Å². The zero-order valence-corrected chi connectivity index (χ0v) is 20.4. The second-order valence-electron chi connectivity index (χ2n) is 8.46. The second-order valence-corrected chi connectivity index (χ2v) is 8.46. The lowest BCUT2D eigenvalue weighted by atomic mass is 9.98. The fourth-order valence-corrected chi connectivity index (χ4v) is 3.83. The topological polar surface area (TPSA) is 18.5 Å². The Kier molecular flexibility index (Phi) is 8.18. The Morgan fingerprint density at radius 3 is 2.08 bits per heavy atom. The molecule has 0 saturated carbocycles. The van der Waals surface area contributed by atoms with Gasteiger partial charge in [-0.1, -0.05) is 11.8 Å². The maximum absolute atomic E-state index is 14.8. The highest BCUT2D eigenvalue weighted by molar-refractivity contribution is 5.65. The quantitative estimate of drug-likeness (QED) is 0.169. The molecule has 4 rings (SSSR count). The molecule has 0 radical (unpaired) electrons. The Morgan fingerprint density at radius 2 is 1.50 bits per heavy atom. The summed E-state index contributed by atoms with van der Waals surface area (Å²) >= 11 is 0. The van der Waals surface area contributed by atoms with Gasteiger partial charge in [0, 0.05) is 23.3 Å². The van der Waals surface area contributed by atoms with Gasteiger partial charge in [-0.25, -0.2) is 30.7 Å². The van der Waals surface area contributed by atoms with E-state index in [1.54, 1.807) is 13.0 Å². The third-order valence-corrected chi connectivity index (χ3v) is 5.68. The van der Waals surface area contributed by atoms with Gasteiger partial charge in [0.15, 0.2) is 17.5 Å². The highest BCUT2D eigenvalue weighted by atomic mass is 19.3. The van der Waals surface area contributed by atoms with E-state index in [1.807, 2.05) is 0 Å². The van der Waals surface area contributed by atoms with Crippen LogP contribution in [-0.4, -0.2) is 6.61 Å². The van der Waals surface area contributed by atoms with Crippen molar-refractivity contribution in [2.24, 2.45) is 5.92 Å². The molecule has 0 bridgehead atoms. The van der Waals surface area contributed by atoms with Gasteiger partial charge in [0.2, 0.25) is 0 Å². The van der Waals surface area contributed by atoms with Crippen LogP contribution in [0, 0.1) is 52.7 Å². The molecule has 0 amide bonds. The van der Waals surface area contributed by atoms with E-state index in [1.165, 1.54) is 0 Å². The fourth-order valence-electron chi connectivity index (χ4n) is 3.83. The number of hydrogen-bond donors (Lipinski definition) is 0. The highest BCUT2D eigenvalue weighted by Gasteiger charge is 2.41. The largest absolute Gasteiger partial charge is 0.494 e. The molecule has 3 aromatic rings. The summed E-state index contributed by atoms with van der Waals surface area (Å²) in [5.41, 5.74) is -3.06. The molecule has 1 atom stereocenters. The summed E-state index contributed by atoms with van der Waals surface area (Å²) in [5, 5.41) is 0. The van der Waals surface area contributed by atoms with Gasteiger partial charge in [-0.05, 0) is 61.4 Å². The number of benzene rings is 3. The Balaban J connectivity index is 1.54. The van der Waals surface area contributed by atoms with Crippen molar-refractivity contribution >= 4 is 0 Å². The van der Waals surface area contributed by atoms with Crippen molar-refractivity contribution in [1.82, 2.24) is 0 Å². The fraction of sp³-hybridized carbons (Fsp3) is 0.172. The number of hydrogen-bond acceptors (Lipinski definition) is 2. The minimum Gasteiger partial charge on any atom is -0.494 e. The lowest BCUT2D eigenvalue weighted by Crippen LogP contribution is -2.25. The molecular weight excluding hydrogens is 551 g/mol. The molecule has 0 N–H and O–H groups in total. The Bertz CT molecular complexity index is 1540. The van der Waals surface area contributed by atoms with Crippen LogP contribution in [0.2, 0.25) is 0 Å². The van der Waals surface area contributed by atoms with Crippen LogP contribution in [0.25, 0.3) is 11.1 Å². The van der Waals surface area contributed by atoms with Crippen molar-refractivity contribution < 1.29 is 49.0 Å². The van der Waals surface area contributed by atoms with E-state index in [0.29, 0.717) is 42.7 Å². The summed E-state index contributed by atoms with van der Waals surface area (Å²) in [4.78, 5) is 0. The molecule has 11 heteroatoms. The standard InChI is InChI=1S/C29H17F9O2/c1-2-39-18-6-5-16(21(30)13-18)4-3-15-9-23(32)27(24(33)10-15)29(37,38)40-19-7-8-20(22(31)14-19)17-11-25(34)28(36)26(35)12-17/h6-14,16H,2,5H2,1H3. The average molecular weight is 568 g/mol. The van der Waals surface area contributed by atoms with E-state index in [-0.39, 0.29) is 12.0 Å². The first-order chi connectivity index (χ1) is 18.9. The van der Waals surface area contributed by atoms with E-state index in [4.69, 9.17) is 4.74 Å². The van der Waals surface area contributed by atoms with Crippen LogP contribution in [-0.2, 0) is 10.8 Å². The SMILES string of the molecule is CCOC1=CCC(C#Cc2cc(F)c(C(F)(F)Oc3ccc(-c4cc(F)c(F)c(F)c4)c(F)c3)c(F)c2)C(F)=C1. The first kappa shape index (κ1) is 28.7.